The van der Waals surface area contributed by atoms with Gasteiger partial charge in [0.1, 0.15) is 18.2 Å². The van der Waals surface area contributed by atoms with Crippen molar-refractivity contribution in [1.29, 1.82) is 0 Å². The minimum absolute atomic E-state index is 0.477. The van der Waals surface area contributed by atoms with Gasteiger partial charge >= 0.3 is 0 Å². The zero-order valence-electron chi connectivity index (χ0n) is 16.2. The number of aromatic nitrogens is 4. The van der Waals surface area contributed by atoms with Gasteiger partial charge in [0.2, 0.25) is 0 Å². The van der Waals surface area contributed by atoms with Gasteiger partial charge in [-0.05, 0) is 26.3 Å². The Balaban J connectivity index is 1.74. The number of hydrogen-bond acceptors (Lipinski definition) is 6. The van der Waals surface area contributed by atoms with E-state index >= 15 is 0 Å². The molecular weight excluding hydrogens is 328 g/mol. The van der Waals surface area contributed by atoms with Crippen LogP contribution in [0.1, 0.15) is 36.3 Å². The first-order valence-electron chi connectivity index (χ1n) is 9.53. The molecule has 0 radical (unpaired) electrons. The van der Waals surface area contributed by atoms with Gasteiger partial charge in [0.25, 0.3) is 0 Å². The molecule has 0 aliphatic carbocycles. The molecule has 7 nitrogen and oxygen atoms in total. The molecule has 1 aliphatic rings. The Bertz CT molecular complexity index is 714. The summed E-state index contributed by atoms with van der Waals surface area (Å²) in [5.74, 6) is 2.98. The average molecular weight is 358 g/mol. The Kier molecular flexibility index (Phi) is 6.57. The molecule has 0 bridgehead atoms. The lowest BCUT2D eigenvalue weighted by molar-refractivity contribution is 0.128. The second-order valence-corrected chi connectivity index (χ2v) is 6.76. The molecule has 0 spiro atoms. The van der Waals surface area contributed by atoms with E-state index < -0.39 is 0 Å². The second kappa shape index (κ2) is 9.09. The van der Waals surface area contributed by atoms with Crippen LogP contribution in [0, 0.1) is 0 Å². The third-order valence-corrected chi connectivity index (χ3v) is 4.82. The number of aryl methyl sites for hydroxylation is 2. The molecule has 2 aromatic heterocycles. The monoisotopic (exact) mass is 358 g/mol. The lowest BCUT2D eigenvalue weighted by Crippen LogP contribution is -2.24. The van der Waals surface area contributed by atoms with Crippen LogP contribution in [0.3, 0.4) is 0 Å². The van der Waals surface area contributed by atoms with Crippen molar-refractivity contribution in [3.8, 4) is 0 Å². The summed E-state index contributed by atoms with van der Waals surface area (Å²) < 4.78 is 7.64. The van der Waals surface area contributed by atoms with Crippen molar-refractivity contribution in [3.63, 3.8) is 0 Å². The van der Waals surface area contributed by atoms with Gasteiger partial charge in [-0.2, -0.15) is 0 Å². The highest BCUT2D eigenvalue weighted by atomic mass is 16.5. The number of imidazole rings is 1. The quantitative estimate of drug-likeness (QED) is 0.771. The van der Waals surface area contributed by atoms with Gasteiger partial charge < -0.3 is 19.5 Å². The number of fused-ring (bicyclic) bond motifs is 1. The van der Waals surface area contributed by atoms with E-state index in [-0.39, 0.29) is 0 Å². The minimum Gasteiger partial charge on any atom is -0.374 e. The first-order valence-corrected chi connectivity index (χ1v) is 9.53. The Labute approximate surface area is 155 Å². The van der Waals surface area contributed by atoms with Gasteiger partial charge in [-0.1, -0.05) is 0 Å². The van der Waals surface area contributed by atoms with Crippen molar-refractivity contribution in [2.75, 3.05) is 38.2 Å². The Morgan fingerprint density at radius 3 is 2.88 bits per heavy atom. The summed E-state index contributed by atoms with van der Waals surface area (Å²) in [6.45, 7) is 6.05. The van der Waals surface area contributed by atoms with Gasteiger partial charge in [-0.25, -0.2) is 15.0 Å². The van der Waals surface area contributed by atoms with E-state index in [1.165, 1.54) is 11.3 Å². The first kappa shape index (κ1) is 18.8. The van der Waals surface area contributed by atoms with Crippen LogP contribution in [0.4, 0.5) is 5.82 Å². The maximum Gasteiger partial charge on any atom is 0.156 e. The van der Waals surface area contributed by atoms with E-state index in [4.69, 9.17) is 14.7 Å². The number of rotatable bonds is 8. The van der Waals surface area contributed by atoms with Crippen molar-refractivity contribution in [3.05, 3.63) is 35.3 Å². The van der Waals surface area contributed by atoms with Crippen LogP contribution in [-0.2, 0) is 37.7 Å². The molecule has 0 saturated heterocycles. The van der Waals surface area contributed by atoms with Crippen molar-refractivity contribution >= 4 is 5.82 Å². The first-order chi connectivity index (χ1) is 12.7. The minimum atomic E-state index is 0.477. The number of anilines is 1. The lowest BCUT2D eigenvalue weighted by Gasteiger charge is -2.23. The van der Waals surface area contributed by atoms with E-state index in [2.05, 4.69) is 26.8 Å². The molecule has 7 heteroatoms. The topological polar surface area (TPSA) is 68.1 Å². The highest BCUT2D eigenvalue weighted by molar-refractivity contribution is 5.49. The van der Waals surface area contributed by atoms with Crippen LogP contribution in [0.15, 0.2) is 12.4 Å². The molecule has 26 heavy (non-hydrogen) atoms. The SMILES string of the molecule is CCOCc1nc2c(c(N(C)CCCc3nccn3C)n1)CCNCC2. The van der Waals surface area contributed by atoms with Gasteiger partial charge in [0, 0.05) is 64.6 Å². The highest BCUT2D eigenvalue weighted by Crippen LogP contribution is 2.23. The van der Waals surface area contributed by atoms with E-state index in [0.29, 0.717) is 13.2 Å². The molecule has 1 N–H and O–H groups in total. The van der Waals surface area contributed by atoms with Crippen LogP contribution in [-0.4, -0.2) is 52.8 Å². The summed E-state index contributed by atoms with van der Waals surface area (Å²) in [5, 5.41) is 3.46. The summed E-state index contributed by atoms with van der Waals surface area (Å²) >= 11 is 0. The Hall–Kier alpha value is -1.99. The van der Waals surface area contributed by atoms with E-state index in [1.54, 1.807) is 0 Å². The van der Waals surface area contributed by atoms with Gasteiger partial charge in [-0.3, -0.25) is 0 Å². The fourth-order valence-electron chi connectivity index (χ4n) is 3.37. The molecule has 3 rings (SSSR count). The molecule has 0 saturated carbocycles. The smallest absolute Gasteiger partial charge is 0.156 e. The average Bonchev–Trinajstić information content (AvgIpc) is 2.91. The maximum absolute atomic E-state index is 5.55. The van der Waals surface area contributed by atoms with Gasteiger partial charge in [-0.15, -0.1) is 0 Å². The molecule has 0 unspecified atom stereocenters. The van der Waals surface area contributed by atoms with Gasteiger partial charge in [0.15, 0.2) is 5.82 Å². The van der Waals surface area contributed by atoms with Crippen LogP contribution in [0.2, 0.25) is 0 Å². The Morgan fingerprint density at radius 2 is 2.12 bits per heavy atom. The lowest BCUT2D eigenvalue weighted by atomic mass is 10.1. The summed E-state index contributed by atoms with van der Waals surface area (Å²) in [6, 6.07) is 0. The van der Waals surface area contributed by atoms with E-state index in [9.17, 15) is 0 Å². The number of nitrogens with one attached hydrogen (secondary N) is 1. The summed E-state index contributed by atoms with van der Waals surface area (Å²) in [4.78, 5) is 16.3. The van der Waals surface area contributed by atoms with Crippen LogP contribution in [0.25, 0.3) is 0 Å². The van der Waals surface area contributed by atoms with E-state index in [0.717, 1.165) is 62.8 Å². The van der Waals surface area contributed by atoms with Crippen LogP contribution >= 0.6 is 0 Å². The summed E-state index contributed by atoms with van der Waals surface area (Å²) in [5.41, 5.74) is 2.46. The predicted octanol–water partition coefficient (Wildman–Crippen LogP) is 1.50. The molecular formula is C19H30N6O. The van der Waals surface area contributed by atoms with Crippen molar-refractivity contribution in [1.82, 2.24) is 24.8 Å². The normalized spacial score (nSPS) is 14.1. The van der Waals surface area contributed by atoms with Crippen molar-refractivity contribution < 1.29 is 4.74 Å². The van der Waals surface area contributed by atoms with Crippen LogP contribution in [0.5, 0.6) is 0 Å². The van der Waals surface area contributed by atoms with Crippen LogP contribution < -0.4 is 10.2 Å². The summed E-state index contributed by atoms with van der Waals surface area (Å²) in [6.07, 6.45) is 7.79. The highest BCUT2D eigenvalue weighted by Gasteiger charge is 2.19. The standard InChI is InChI=1S/C19H30N6O/c1-4-26-14-17-22-16-8-10-20-9-7-15(16)19(23-17)25(3)12-5-6-18-21-11-13-24(18)2/h11,13,20H,4-10,12,14H2,1-3H3. The molecule has 142 valence electrons. The second-order valence-electron chi connectivity index (χ2n) is 6.76. The molecule has 0 amide bonds. The molecule has 0 atom stereocenters. The van der Waals surface area contributed by atoms with E-state index in [1.807, 2.05) is 26.4 Å². The predicted molar refractivity (Wildman–Crippen MR) is 102 cm³/mol. The fourth-order valence-corrected chi connectivity index (χ4v) is 3.37. The molecule has 3 heterocycles. The largest absolute Gasteiger partial charge is 0.374 e. The number of nitrogens with zero attached hydrogens (tertiary/aromatic N) is 5. The van der Waals surface area contributed by atoms with Gasteiger partial charge in [0.05, 0.1) is 5.69 Å². The zero-order chi connectivity index (χ0) is 18.4. The number of hydrogen-bond donors (Lipinski definition) is 1. The zero-order valence-corrected chi connectivity index (χ0v) is 16.2. The molecule has 2 aromatic rings. The third-order valence-electron chi connectivity index (χ3n) is 4.82. The van der Waals surface area contributed by atoms with Crippen molar-refractivity contribution in [2.45, 2.75) is 39.2 Å². The maximum atomic E-state index is 5.55. The third kappa shape index (κ3) is 4.59. The Morgan fingerprint density at radius 1 is 1.27 bits per heavy atom. The molecule has 1 aliphatic heterocycles. The summed E-state index contributed by atoms with van der Waals surface area (Å²) in [7, 11) is 4.17. The molecule has 0 aromatic carbocycles. The molecule has 0 fully saturated rings. The number of ether oxygens (including phenoxy) is 1. The fraction of sp³-hybridized carbons (Fsp3) is 0.632. The van der Waals surface area contributed by atoms with Crippen molar-refractivity contribution in [2.24, 2.45) is 7.05 Å².